The van der Waals surface area contributed by atoms with E-state index in [1.54, 1.807) is 6.92 Å². The van der Waals surface area contributed by atoms with Crippen molar-refractivity contribution in [3.8, 4) is 0 Å². The predicted octanol–water partition coefficient (Wildman–Crippen LogP) is 2.15. The van der Waals surface area contributed by atoms with Gasteiger partial charge in [0.25, 0.3) is 5.56 Å². The van der Waals surface area contributed by atoms with E-state index in [4.69, 9.17) is 0 Å². The second kappa shape index (κ2) is 3.12. The van der Waals surface area contributed by atoms with E-state index in [9.17, 15) is 4.79 Å². The molecule has 5 heteroatoms. The number of H-pyrrole nitrogens is 1. The zero-order chi connectivity index (χ0) is 11.3. The number of hydrogen-bond acceptors (Lipinski definition) is 4. The summed E-state index contributed by atoms with van der Waals surface area (Å²) in [6.45, 7) is 3.72. The van der Waals surface area contributed by atoms with Gasteiger partial charge in [0.1, 0.15) is 15.4 Å². The molecule has 0 aliphatic rings. The highest BCUT2D eigenvalue weighted by Gasteiger charge is 2.10. The molecular formula is C11H9N3OS. The molecule has 3 aromatic heterocycles. The second-order valence-corrected chi connectivity index (χ2v) is 4.74. The van der Waals surface area contributed by atoms with Crippen LogP contribution in [0.15, 0.2) is 16.9 Å². The van der Waals surface area contributed by atoms with Crippen molar-refractivity contribution in [2.45, 2.75) is 13.8 Å². The molecule has 16 heavy (non-hydrogen) atoms. The standard InChI is InChI=1S/C11H9N3OS/c1-5-3-4-7-8-9(16-11(7)12-5)10(15)14-6(2)13-8/h3-4H,1-2H3,(H,13,14,15). The maximum Gasteiger partial charge on any atom is 0.268 e. The molecule has 3 aromatic rings. The number of pyridine rings is 1. The van der Waals surface area contributed by atoms with E-state index in [0.29, 0.717) is 10.5 Å². The molecule has 0 bridgehead atoms. The van der Waals surface area contributed by atoms with E-state index in [2.05, 4.69) is 15.0 Å². The lowest BCUT2D eigenvalue weighted by Crippen LogP contribution is -2.07. The van der Waals surface area contributed by atoms with E-state index in [1.807, 2.05) is 19.1 Å². The van der Waals surface area contributed by atoms with Crippen LogP contribution < -0.4 is 5.56 Å². The second-order valence-electron chi connectivity index (χ2n) is 3.74. The van der Waals surface area contributed by atoms with Crippen molar-refractivity contribution in [1.29, 1.82) is 0 Å². The number of aryl methyl sites for hydroxylation is 2. The molecule has 0 aromatic carbocycles. The SMILES string of the molecule is Cc1ccc2c(n1)sc1c(=O)[nH]c(C)nc12. The van der Waals surface area contributed by atoms with Crippen LogP contribution in [-0.4, -0.2) is 15.0 Å². The molecule has 3 rings (SSSR count). The number of rotatable bonds is 0. The molecule has 0 spiro atoms. The van der Waals surface area contributed by atoms with Crippen LogP contribution in [0.4, 0.5) is 0 Å². The number of fused-ring (bicyclic) bond motifs is 3. The summed E-state index contributed by atoms with van der Waals surface area (Å²) in [5, 5.41) is 0.958. The number of nitrogens with zero attached hydrogens (tertiary/aromatic N) is 2. The molecule has 0 radical (unpaired) electrons. The Morgan fingerprint density at radius 2 is 2.06 bits per heavy atom. The summed E-state index contributed by atoms with van der Waals surface area (Å²) in [6, 6.07) is 3.91. The fraction of sp³-hybridized carbons (Fsp3) is 0.182. The predicted molar refractivity (Wildman–Crippen MR) is 65.0 cm³/mol. The third kappa shape index (κ3) is 1.25. The molecule has 0 atom stereocenters. The highest BCUT2D eigenvalue weighted by Crippen LogP contribution is 2.28. The van der Waals surface area contributed by atoms with E-state index in [1.165, 1.54) is 11.3 Å². The Labute approximate surface area is 95.0 Å². The van der Waals surface area contributed by atoms with Crippen molar-refractivity contribution in [2.75, 3.05) is 0 Å². The van der Waals surface area contributed by atoms with Crippen molar-refractivity contribution in [3.63, 3.8) is 0 Å². The van der Waals surface area contributed by atoms with Gasteiger partial charge in [0.15, 0.2) is 0 Å². The lowest BCUT2D eigenvalue weighted by atomic mass is 10.3. The van der Waals surface area contributed by atoms with Gasteiger partial charge in [0, 0.05) is 11.1 Å². The van der Waals surface area contributed by atoms with Crippen molar-refractivity contribution < 1.29 is 0 Å². The lowest BCUT2D eigenvalue weighted by molar-refractivity contribution is 1.07. The Bertz CT molecular complexity index is 757. The quantitative estimate of drug-likeness (QED) is 0.645. The molecule has 0 amide bonds. The largest absolute Gasteiger partial charge is 0.310 e. The van der Waals surface area contributed by atoms with Gasteiger partial charge in [0.2, 0.25) is 0 Å². The van der Waals surface area contributed by atoms with Crippen molar-refractivity contribution in [2.24, 2.45) is 0 Å². The zero-order valence-corrected chi connectivity index (χ0v) is 9.68. The monoisotopic (exact) mass is 231 g/mol. The number of thiophene rings is 1. The average Bonchev–Trinajstić information content (AvgIpc) is 2.56. The van der Waals surface area contributed by atoms with Crippen molar-refractivity contribution in [1.82, 2.24) is 15.0 Å². The van der Waals surface area contributed by atoms with Crippen molar-refractivity contribution >= 4 is 31.8 Å². The Morgan fingerprint density at radius 3 is 2.88 bits per heavy atom. The van der Waals surface area contributed by atoms with Gasteiger partial charge in [-0.05, 0) is 26.0 Å². The first-order valence-corrected chi connectivity index (χ1v) is 5.73. The third-order valence-corrected chi connectivity index (χ3v) is 3.54. The normalized spacial score (nSPS) is 11.4. The van der Waals surface area contributed by atoms with Crippen LogP contribution in [0.5, 0.6) is 0 Å². The molecular weight excluding hydrogens is 222 g/mol. The Balaban J connectivity index is 2.61. The molecule has 0 saturated carbocycles. The van der Waals surface area contributed by atoms with Gasteiger partial charge in [0.05, 0.1) is 5.52 Å². The first kappa shape index (κ1) is 9.47. The molecule has 3 heterocycles. The van der Waals surface area contributed by atoms with Gasteiger partial charge in [-0.15, -0.1) is 11.3 Å². The van der Waals surface area contributed by atoms with E-state index in [0.717, 1.165) is 21.4 Å². The maximum absolute atomic E-state index is 11.7. The third-order valence-electron chi connectivity index (χ3n) is 2.45. The Kier molecular flexibility index (Phi) is 1.85. The molecule has 0 saturated heterocycles. The summed E-state index contributed by atoms with van der Waals surface area (Å²) in [4.78, 5) is 24.1. The van der Waals surface area contributed by atoms with Crippen LogP contribution in [0.1, 0.15) is 11.5 Å². The highest BCUT2D eigenvalue weighted by molar-refractivity contribution is 7.25. The topological polar surface area (TPSA) is 58.6 Å². The summed E-state index contributed by atoms with van der Waals surface area (Å²) in [6.07, 6.45) is 0. The smallest absolute Gasteiger partial charge is 0.268 e. The fourth-order valence-corrected chi connectivity index (χ4v) is 2.79. The van der Waals surface area contributed by atoms with Crippen LogP contribution in [0.3, 0.4) is 0 Å². The van der Waals surface area contributed by atoms with Crippen LogP contribution in [0.25, 0.3) is 20.4 Å². The lowest BCUT2D eigenvalue weighted by Gasteiger charge is -1.93. The van der Waals surface area contributed by atoms with Gasteiger partial charge >= 0.3 is 0 Å². The molecule has 0 unspecified atom stereocenters. The molecule has 0 aliphatic heterocycles. The zero-order valence-electron chi connectivity index (χ0n) is 8.87. The number of aromatic amines is 1. The van der Waals surface area contributed by atoms with Crippen LogP contribution in [-0.2, 0) is 0 Å². The molecule has 0 aliphatic carbocycles. The first-order valence-electron chi connectivity index (χ1n) is 4.92. The summed E-state index contributed by atoms with van der Waals surface area (Å²) < 4.78 is 0.652. The average molecular weight is 231 g/mol. The Hall–Kier alpha value is -1.75. The summed E-state index contributed by atoms with van der Waals surface area (Å²) in [5.41, 5.74) is 1.63. The summed E-state index contributed by atoms with van der Waals surface area (Å²) >= 11 is 1.39. The molecule has 0 fully saturated rings. The number of aromatic nitrogens is 3. The molecule has 1 N–H and O–H groups in total. The minimum Gasteiger partial charge on any atom is -0.310 e. The van der Waals surface area contributed by atoms with Gasteiger partial charge in [-0.1, -0.05) is 0 Å². The van der Waals surface area contributed by atoms with Crippen LogP contribution in [0.2, 0.25) is 0 Å². The summed E-state index contributed by atoms with van der Waals surface area (Å²) in [5.74, 6) is 0.637. The number of hydrogen-bond donors (Lipinski definition) is 1. The summed E-state index contributed by atoms with van der Waals surface area (Å²) in [7, 11) is 0. The first-order chi connectivity index (χ1) is 7.65. The minimum atomic E-state index is -0.0804. The maximum atomic E-state index is 11.7. The van der Waals surface area contributed by atoms with Crippen LogP contribution >= 0.6 is 11.3 Å². The number of nitrogens with one attached hydrogen (secondary N) is 1. The van der Waals surface area contributed by atoms with Gasteiger partial charge < -0.3 is 4.98 Å². The van der Waals surface area contributed by atoms with Crippen molar-refractivity contribution in [3.05, 3.63) is 34.0 Å². The van der Waals surface area contributed by atoms with Gasteiger partial charge in [-0.25, -0.2) is 9.97 Å². The van der Waals surface area contributed by atoms with Gasteiger partial charge in [-0.2, -0.15) is 0 Å². The fourth-order valence-electron chi connectivity index (χ4n) is 1.74. The van der Waals surface area contributed by atoms with E-state index < -0.39 is 0 Å². The van der Waals surface area contributed by atoms with E-state index >= 15 is 0 Å². The Morgan fingerprint density at radius 1 is 1.25 bits per heavy atom. The van der Waals surface area contributed by atoms with E-state index in [-0.39, 0.29) is 5.56 Å². The van der Waals surface area contributed by atoms with Gasteiger partial charge in [-0.3, -0.25) is 4.79 Å². The molecule has 80 valence electrons. The highest BCUT2D eigenvalue weighted by atomic mass is 32.1. The minimum absolute atomic E-state index is 0.0804. The molecule has 4 nitrogen and oxygen atoms in total. The van der Waals surface area contributed by atoms with Crippen LogP contribution in [0, 0.1) is 13.8 Å².